The molecule has 0 fully saturated rings. The zero-order valence-corrected chi connectivity index (χ0v) is 15.9. The van der Waals surface area contributed by atoms with E-state index < -0.39 is 23.0 Å². The lowest BCUT2D eigenvalue weighted by atomic mass is 10.1. The molecule has 0 atom stereocenters. The molecule has 0 saturated heterocycles. The van der Waals surface area contributed by atoms with Crippen LogP contribution in [0.25, 0.3) is 16.6 Å². The van der Waals surface area contributed by atoms with E-state index in [1.165, 1.54) is 15.6 Å². The average molecular weight is 410 g/mol. The molecular weight excluding hydrogens is 394 g/mol. The van der Waals surface area contributed by atoms with Crippen molar-refractivity contribution >= 4 is 16.9 Å². The number of nitrogens with zero attached hydrogens (tertiary/aromatic N) is 4. The van der Waals surface area contributed by atoms with E-state index in [0.717, 1.165) is 17.7 Å². The Kier molecular flexibility index (Phi) is 5.09. The van der Waals surface area contributed by atoms with E-state index in [1.54, 1.807) is 37.5 Å². The van der Waals surface area contributed by atoms with Crippen LogP contribution < -0.4 is 5.43 Å². The minimum absolute atomic E-state index is 0.0699. The smallest absolute Gasteiger partial charge is 0.343 e. The summed E-state index contributed by atoms with van der Waals surface area (Å²) in [5.74, 6) is -3.11. The van der Waals surface area contributed by atoms with E-state index in [0.29, 0.717) is 12.2 Å². The van der Waals surface area contributed by atoms with Gasteiger partial charge in [-0.2, -0.15) is 15.0 Å². The third-order valence-corrected chi connectivity index (χ3v) is 4.52. The van der Waals surface area contributed by atoms with Gasteiger partial charge in [0.1, 0.15) is 5.56 Å². The molecule has 9 heteroatoms. The summed E-state index contributed by atoms with van der Waals surface area (Å²) in [4.78, 5) is 26.5. The standard InChI is InChI=1S/C21H16F2N4O3/c1-2-30-21(29)16-12-26(19-10-18(23)17(22)9-15(19)20(16)28)14-5-3-4-13(8-14)11-27-24-6-7-25-27/h3-10,12H,2,11H2,1H3. The molecule has 2 aromatic carbocycles. The summed E-state index contributed by atoms with van der Waals surface area (Å²) in [5, 5.41) is 7.99. The van der Waals surface area contributed by atoms with E-state index >= 15 is 0 Å². The Morgan fingerprint density at radius 1 is 1.10 bits per heavy atom. The molecule has 152 valence electrons. The minimum atomic E-state index is -1.18. The van der Waals surface area contributed by atoms with Gasteiger partial charge in [0.2, 0.25) is 5.43 Å². The van der Waals surface area contributed by atoms with Crippen LogP contribution in [0.2, 0.25) is 0 Å². The molecule has 30 heavy (non-hydrogen) atoms. The molecule has 0 aliphatic carbocycles. The van der Waals surface area contributed by atoms with Gasteiger partial charge in [-0.25, -0.2) is 13.6 Å². The predicted molar refractivity (Wildman–Crippen MR) is 105 cm³/mol. The number of benzene rings is 2. The van der Waals surface area contributed by atoms with Gasteiger partial charge in [0.15, 0.2) is 11.6 Å². The second kappa shape index (κ2) is 7.86. The number of halogens is 2. The molecule has 0 bridgehead atoms. The lowest BCUT2D eigenvalue weighted by Gasteiger charge is -2.15. The molecule has 0 aliphatic heterocycles. The van der Waals surface area contributed by atoms with Crippen LogP contribution in [-0.2, 0) is 11.3 Å². The molecule has 0 spiro atoms. The quantitative estimate of drug-likeness (QED) is 0.473. The van der Waals surface area contributed by atoms with Crippen LogP contribution >= 0.6 is 0 Å². The van der Waals surface area contributed by atoms with Crippen molar-refractivity contribution in [3.8, 4) is 5.69 Å². The monoisotopic (exact) mass is 410 g/mol. The Morgan fingerprint density at radius 3 is 2.57 bits per heavy atom. The summed E-state index contributed by atoms with van der Waals surface area (Å²) in [7, 11) is 0. The Morgan fingerprint density at radius 2 is 1.83 bits per heavy atom. The number of hydrogen-bond acceptors (Lipinski definition) is 5. The Balaban J connectivity index is 1.93. The van der Waals surface area contributed by atoms with E-state index in [4.69, 9.17) is 4.74 Å². The van der Waals surface area contributed by atoms with Crippen molar-refractivity contribution in [1.82, 2.24) is 19.6 Å². The average Bonchev–Trinajstić information content (AvgIpc) is 3.23. The van der Waals surface area contributed by atoms with Gasteiger partial charge in [-0.05, 0) is 30.7 Å². The number of fused-ring (bicyclic) bond motifs is 1. The molecule has 7 nitrogen and oxygen atoms in total. The molecule has 0 aliphatic rings. The molecule has 0 radical (unpaired) electrons. The number of pyridine rings is 1. The van der Waals surface area contributed by atoms with Gasteiger partial charge >= 0.3 is 5.97 Å². The van der Waals surface area contributed by atoms with Crippen molar-refractivity contribution < 1.29 is 18.3 Å². The SMILES string of the molecule is CCOC(=O)c1cn(-c2cccc(Cn3nccn3)c2)c2cc(F)c(F)cc2c1=O. The molecule has 2 aromatic heterocycles. The Bertz CT molecular complexity index is 1300. The molecule has 0 N–H and O–H groups in total. The van der Waals surface area contributed by atoms with Gasteiger partial charge in [-0.3, -0.25) is 4.79 Å². The number of ether oxygens (including phenoxy) is 1. The molecule has 4 rings (SSSR count). The normalized spacial score (nSPS) is 11.0. The first kappa shape index (κ1) is 19.4. The maximum atomic E-state index is 14.0. The number of aromatic nitrogens is 4. The zero-order valence-electron chi connectivity index (χ0n) is 15.9. The maximum Gasteiger partial charge on any atom is 0.343 e. The molecule has 0 unspecified atom stereocenters. The molecular formula is C21H16F2N4O3. The first-order chi connectivity index (χ1) is 14.5. The van der Waals surface area contributed by atoms with Crippen LogP contribution in [0.4, 0.5) is 8.78 Å². The van der Waals surface area contributed by atoms with Crippen LogP contribution in [0, 0.1) is 11.6 Å². The third kappa shape index (κ3) is 3.57. The summed E-state index contributed by atoms with van der Waals surface area (Å²) in [5.41, 5.74) is 0.503. The lowest BCUT2D eigenvalue weighted by molar-refractivity contribution is 0.0524. The first-order valence-corrected chi connectivity index (χ1v) is 9.13. The highest BCUT2D eigenvalue weighted by Gasteiger charge is 2.19. The third-order valence-electron chi connectivity index (χ3n) is 4.52. The van der Waals surface area contributed by atoms with Crippen molar-refractivity contribution in [1.29, 1.82) is 0 Å². The van der Waals surface area contributed by atoms with Crippen LogP contribution in [-0.4, -0.2) is 32.1 Å². The van der Waals surface area contributed by atoms with Gasteiger partial charge in [-0.15, -0.1) is 0 Å². The second-order valence-corrected chi connectivity index (χ2v) is 6.48. The van der Waals surface area contributed by atoms with E-state index in [2.05, 4.69) is 10.2 Å². The number of carbonyl (C=O) groups excluding carboxylic acids is 1. The summed E-state index contributed by atoms with van der Waals surface area (Å²) in [6, 6.07) is 8.85. The van der Waals surface area contributed by atoms with Crippen molar-refractivity contribution in [3.05, 3.63) is 88.0 Å². The first-order valence-electron chi connectivity index (χ1n) is 9.13. The van der Waals surface area contributed by atoms with Gasteiger partial charge in [-0.1, -0.05) is 12.1 Å². The van der Waals surface area contributed by atoms with Crippen LogP contribution in [0.3, 0.4) is 0 Å². The highest BCUT2D eigenvalue weighted by molar-refractivity contribution is 5.94. The van der Waals surface area contributed by atoms with E-state index in [9.17, 15) is 18.4 Å². The molecule has 0 saturated carbocycles. The number of hydrogen-bond donors (Lipinski definition) is 0. The number of rotatable bonds is 5. The number of esters is 1. The topological polar surface area (TPSA) is 79.0 Å². The zero-order chi connectivity index (χ0) is 21.3. The van der Waals surface area contributed by atoms with Crippen molar-refractivity contribution in [3.63, 3.8) is 0 Å². The summed E-state index contributed by atoms with van der Waals surface area (Å²) >= 11 is 0. The summed E-state index contributed by atoms with van der Waals surface area (Å²) < 4.78 is 34.3. The van der Waals surface area contributed by atoms with Gasteiger partial charge in [0.25, 0.3) is 0 Å². The van der Waals surface area contributed by atoms with Crippen LogP contribution in [0.5, 0.6) is 0 Å². The van der Waals surface area contributed by atoms with Crippen LogP contribution in [0.15, 0.2) is 59.8 Å². The van der Waals surface area contributed by atoms with Crippen molar-refractivity contribution in [2.75, 3.05) is 6.61 Å². The fourth-order valence-electron chi connectivity index (χ4n) is 3.18. The fraction of sp³-hybridized carbons (Fsp3) is 0.143. The lowest BCUT2D eigenvalue weighted by Crippen LogP contribution is -2.21. The molecule has 4 aromatic rings. The highest BCUT2D eigenvalue weighted by Crippen LogP contribution is 2.22. The largest absolute Gasteiger partial charge is 0.462 e. The van der Waals surface area contributed by atoms with E-state index in [1.807, 2.05) is 6.07 Å². The molecule has 2 heterocycles. The number of carbonyl (C=O) groups is 1. The van der Waals surface area contributed by atoms with Crippen molar-refractivity contribution in [2.24, 2.45) is 0 Å². The fourth-order valence-corrected chi connectivity index (χ4v) is 3.18. The molecule has 0 amide bonds. The maximum absolute atomic E-state index is 14.0. The van der Waals surface area contributed by atoms with Crippen molar-refractivity contribution in [2.45, 2.75) is 13.5 Å². The van der Waals surface area contributed by atoms with E-state index in [-0.39, 0.29) is 23.1 Å². The highest BCUT2D eigenvalue weighted by atomic mass is 19.2. The van der Waals surface area contributed by atoms with Crippen LogP contribution in [0.1, 0.15) is 22.8 Å². The summed E-state index contributed by atoms with van der Waals surface area (Å²) in [6.07, 6.45) is 4.40. The Hall–Kier alpha value is -3.88. The summed E-state index contributed by atoms with van der Waals surface area (Å²) in [6.45, 7) is 2.06. The second-order valence-electron chi connectivity index (χ2n) is 6.48. The Labute approximate surface area is 169 Å². The predicted octanol–water partition coefficient (Wildman–Crippen LogP) is 3.09. The minimum Gasteiger partial charge on any atom is -0.462 e. The van der Waals surface area contributed by atoms with Gasteiger partial charge < -0.3 is 9.30 Å². The van der Waals surface area contributed by atoms with Gasteiger partial charge in [0.05, 0.1) is 36.4 Å². The van der Waals surface area contributed by atoms with Gasteiger partial charge in [0, 0.05) is 18.0 Å².